The number of ether oxygens (including phenoxy) is 2. The van der Waals surface area contributed by atoms with Gasteiger partial charge < -0.3 is 20.5 Å². The van der Waals surface area contributed by atoms with Crippen LogP contribution in [0.3, 0.4) is 0 Å². The van der Waals surface area contributed by atoms with Gasteiger partial charge in [0.1, 0.15) is 0 Å². The SMILES string of the molecule is NCCCCC1CNCCC12OCCO2. The molecular weight excluding hydrogens is 192 g/mol. The molecule has 3 N–H and O–H groups in total. The lowest BCUT2D eigenvalue weighted by Gasteiger charge is -2.39. The summed E-state index contributed by atoms with van der Waals surface area (Å²) in [6.07, 6.45) is 4.42. The predicted octanol–water partition coefficient (Wildman–Crippen LogP) is 0.468. The Labute approximate surface area is 91.5 Å². The van der Waals surface area contributed by atoms with Gasteiger partial charge in [-0.15, -0.1) is 0 Å². The van der Waals surface area contributed by atoms with Gasteiger partial charge in [-0.3, -0.25) is 0 Å². The fourth-order valence-electron chi connectivity index (χ4n) is 2.61. The third kappa shape index (κ3) is 2.50. The van der Waals surface area contributed by atoms with Gasteiger partial charge in [0.15, 0.2) is 5.79 Å². The van der Waals surface area contributed by atoms with E-state index in [2.05, 4.69) is 5.32 Å². The largest absolute Gasteiger partial charge is 0.347 e. The minimum Gasteiger partial charge on any atom is -0.347 e. The molecule has 1 unspecified atom stereocenters. The van der Waals surface area contributed by atoms with Gasteiger partial charge in [-0.25, -0.2) is 0 Å². The predicted molar refractivity (Wildman–Crippen MR) is 58.5 cm³/mol. The van der Waals surface area contributed by atoms with Crippen molar-refractivity contribution in [1.82, 2.24) is 5.32 Å². The van der Waals surface area contributed by atoms with Crippen LogP contribution in [0.1, 0.15) is 25.7 Å². The molecular formula is C11H22N2O2. The highest BCUT2D eigenvalue weighted by atomic mass is 16.7. The first kappa shape index (κ1) is 11.3. The number of hydrogen-bond acceptors (Lipinski definition) is 4. The maximum Gasteiger partial charge on any atom is 0.173 e. The summed E-state index contributed by atoms with van der Waals surface area (Å²) >= 11 is 0. The molecule has 0 aromatic rings. The fraction of sp³-hybridized carbons (Fsp3) is 1.00. The molecule has 1 atom stereocenters. The van der Waals surface area contributed by atoms with Crippen LogP contribution in [-0.4, -0.2) is 38.6 Å². The standard InChI is InChI=1S/C11H22N2O2/c12-5-2-1-3-10-9-13-6-4-11(10)14-7-8-15-11/h10,13H,1-9,12H2. The fourth-order valence-corrected chi connectivity index (χ4v) is 2.61. The molecule has 0 aliphatic carbocycles. The molecule has 0 saturated carbocycles. The van der Waals surface area contributed by atoms with Crippen molar-refractivity contribution in [2.75, 3.05) is 32.8 Å². The Morgan fingerprint density at radius 3 is 2.80 bits per heavy atom. The van der Waals surface area contributed by atoms with Gasteiger partial charge in [0, 0.05) is 25.4 Å². The molecule has 88 valence electrons. The Balaban J connectivity index is 1.88. The number of nitrogens with one attached hydrogen (secondary N) is 1. The molecule has 2 rings (SSSR count). The van der Waals surface area contributed by atoms with Crippen molar-refractivity contribution in [2.45, 2.75) is 31.5 Å². The van der Waals surface area contributed by atoms with E-state index in [0.717, 1.165) is 52.1 Å². The zero-order valence-electron chi connectivity index (χ0n) is 9.34. The van der Waals surface area contributed by atoms with Gasteiger partial charge in [0.25, 0.3) is 0 Å². The van der Waals surface area contributed by atoms with E-state index in [1.54, 1.807) is 0 Å². The summed E-state index contributed by atoms with van der Waals surface area (Å²) in [6.45, 7) is 4.33. The second-order valence-electron chi connectivity index (χ2n) is 4.44. The average Bonchev–Trinajstić information content (AvgIpc) is 2.71. The first-order chi connectivity index (χ1) is 7.37. The number of rotatable bonds is 4. The van der Waals surface area contributed by atoms with Crippen LogP contribution in [0.25, 0.3) is 0 Å². The summed E-state index contributed by atoms with van der Waals surface area (Å²) in [4.78, 5) is 0. The van der Waals surface area contributed by atoms with Gasteiger partial charge in [-0.2, -0.15) is 0 Å². The molecule has 0 amide bonds. The molecule has 2 heterocycles. The van der Waals surface area contributed by atoms with Crippen LogP contribution in [0, 0.1) is 5.92 Å². The molecule has 0 radical (unpaired) electrons. The highest BCUT2D eigenvalue weighted by molar-refractivity contribution is 4.88. The van der Waals surface area contributed by atoms with Crippen LogP contribution in [0.15, 0.2) is 0 Å². The molecule has 0 aromatic heterocycles. The number of unbranched alkanes of at least 4 members (excludes halogenated alkanes) is 1. The maximum atomic E-state index is 5.83. The minimum absolute atomic E-state index is 0.264. The van der Waals surface area contributed by atoms with Crippen LogP contribution in [-0.2, 0) is 9.47 Å². The Bertz CT molecular complexity index is 193. The van der Waals surface area contributed by atoms with E-state index >= 15 is 0 Å². The maximum absolute atomic E-state index is 5.83. The van der Waals surface area contributed by atoms with E-state index in [0.29, 0.717) is 5.92 Å². The van der Waals surface area contributed by atoms with Crippen molar-refractivity contribution in [2.24, 2.45) is 11.7 Å². The molecule has 2 saturated heterocycles. The van der Waals surface area contributed by atoms with Gasteiger partial charge in [0.05, 0.1) is 13.2 Å². The van der Waals surface area contributed by atoms with Gasteiger partial charge in [-0.1, -0.05) is 6.42 Å². The lowest BCUT2D eigenvalue weighted by molar-refractivity contribution is -0.208. The topological polar surface area (TPSA) is 56.5 Å². The van der Waals surface area contributed by atoms with E-state index < -0.39 is 0 Å². The Hall–Kier alpha value is -0.160. The third-order valence-corrected chi connectivity index (χ3v) is 3.45. The molecule has 0 aromatic carbocycles. The second kappa shape index (κ2) is 5.25. The van der Waals surface area contributed by atoms with Gasteiger partial charge >= 0.3 is 0 Å². The first-order valence-corrected chi connectivity index (χ1v) is 6.06. The quantitative estimate of drug-likeness (QED) is 0.668. The summed E-state index contributed by atoms with van der Waals surface area (Å²) in [6, 6.07) is 0. The van der Waals surface area contributed by atoms with Crippen molar-refractivity contribution in [3.8, 4) is 0 Å². The Morgan fingerprint density at radius 2 is 2.07 bits per heavy atom. The molecule has 2 fully saturated rings. The molecule has 2 aliphatic heterocycles. The van der Waals surface area contributed by atoms with E-state index in [1.807, 2.05) is 0 Å². The van der Waals surface area contributed by atoms with Crippen LogP contribution in [0.5, 0.6) is 0 Å². The van der Waals surface area contributed by atoms with Crippen molar-refractivity contribution < 1.29 is 9.47 Å². The highest BCUT2D eigenvalue weighted by Gasteiger charge is 2.45. The van der Waals surface area contributed by atoms with E-state index in [4.69, 9.17) is 15.2 Å². The summed E-state index contributed by atoms with van der Waals surface area (Å²) in [5.41, 5.74) is 5.51. The Kier molecular flexibility index (Phi) is 3.97. The zero-order chi connectivity index (χ0) is 10.6. The number of nitrogens with two attached hydrogens (primary N) is 1. The normalized spacial score (nSPS) is 29.8. The molecule has 4 nitrogen and oxygen atoms in total. The van der Waals surface area contributed by atoms with E-state index in [-0.39, 0.29) is 5.79 Å². The van der Waals surface area contributed by atoms with Crippen LogP contribution in [0.2, 0.25) is 0 Å². The molecule has 2 aliphatic rings. The molecule has 0 bridgehead atoms. The average molecular weight is 214 g/mol. The lowest BCUT2D eigenvalue weighted by Crippen LogP contribution is -2.51. The van der Waals surface area contributed by atoms with Crippen molar-refractivity contribution in [3.63, 3.8) is 0 Å². The number of hydrogen-bond donors (Lipinski definition) is 2. The molecule has 15 heavy (non-hydrogen) atoms. The Morgan fingerprint density at radius 1 is 1.27 bits per heavy atom. The van der Waals surface area contributed by atoms with Crippen molar-refractivity contribution in [1.29, 1.82) is 0 Å². The van der Waals surface area contributed by atoms with E-state index in [9.17, 15) is 0 Å². The molecule has 1 spiro atoms. The summed E-state index contributed by atoms with van der Waals surface area (Å²) in [5.74, 6) is 0.236. The van der Waals surface area contributed by atoms with Crippen LogP contribution < -0.4 is 11.1 Å². The van der Waals surface area contributed by atoms with E-state index in [1.165, 1.54) is 6.42 Å². The third-order valence-electron chi connectivity index (χ3n) is 3.45. The summed E-state index contributed by atoms with van der Waals surface area (Å²) < 4.78 is 11.7. The zero-order valence-corrected chi connectivity index (χ0v) is 9.34. The smallest absolute Gasteiger partial charge is 0.173 e. The minimum atomic E-state index is -0.264. The van der Waals surface area contributed by atoms with Crippen molar-refractivity contribution in [3.05, 3.63) is 0 Å². The first-order valence-electron chi connectivity index (χ1n) is 6.06. The summed E-state index contributed by atoms with van der Waals surface area (Å²) in [5, 5.41) is 3.42. The monoisotopic (exact) mass is 214 g/mol. The van der Waals surface area contributed by atoms with Crippen molar-refractivity contribution >= 4 is 0 Å². The second-order valence-corrected chi connectivity index (χ2v) is 4.44. The number of piperidine rings is 1. The van der Waals surface area contributed by atoms with Crippen LogP contribution >= 0.6 is 0 Å². The van der Waals surface area contributed by atoms with Crippen LogP contribution in [0.4, 0.5) is 0 Å². The lowest BCUT2D eigenvalue weighted by atomic mass is 9.87. The van der Waals surface area contributed by atoms with Gasteiger partial charge in [0.2, 0.25) is 0 Å². The summed E-state index contributed by atoms with van der Waals surface area (Å²) in [7, 11) is 0. The highest BCUT2D eigenvalue weighted by Crippen LogP contribution is 2.36. The van der Waals surface area contributed by atoms with Gasteiger partial charge in [-0.05, 0) is 19.4 Å². The molecule has 4 heteroatoms.